The molecule has 0 radical (unpaired) electrons. The minimum absolute atomic E-state index is 0.165. The summed E-state index contributed by atoms with van der Waals surface area (Å²) in [6.07, 6.45) is -0.343. The maximum Gasteiger partial charge on any atom is 0.254 e. The highest BCUT2D eigenvalue weighted by Gasteiger charge is 2.27. The summed E-state index contributed by atoms with van der Waals surface area (Å²) in [5, 5.41) is 7.20. The van der Waals surface area contributed by atoms with Gasteiger partial charge in [-0.05, 0) is 54.6 Å². The van der Waals surface area contributed by atoms with Crippen LogP contribution in [0.25, 0.3) is 11.3 Å². The third-order valence-electron chi connectivity index (χ3n) is 4.53. The second-order valence-corrected chi connectivity index (χ2v) is 6.33. The first-order valence-corrected chi connectivity index (χ1v) is 8.58. The van der Waals surface area contributed by atoms with Gasteiger partial charge in [0, 0.05) is 17.7 Å². The Morgan fingerprint density at radius 3 is 2.44 bits per heavy atom. The van der Waals surface area contributed by atoms with Crippen molar-refractivity contribution in [3.05, 3.63) is 77.5 Å². The zero-order chi connectivity index (χ0) is 18.8. The van der Waals surface area contributed by atoms with E-state index < -0.39 is 0 Å². The summed E-state index contributed by atoms with van der Waals surface area (Å²) in [5.41, 5.74) is 2.64. The van der Waals surface area contributed by atoms with E-state index in [2.05, 4.69) is 10.2 Å². The lowest BCUT2D eigenvalue weighted by Crippen LogP contribution is -2.42. The molecule has 1 N–H and O–H groups in total. The van der Waals surface area contributed by atoms with Crippen molar-refractivity contribution < 1.29 is 18.3 Å². The molecule has 1 fully saturated rings. The molecule has 7 heteroatoms. The molecule has 1 unspecified atom stereocenters. The molecule has 1 amide bonds. The number of morpholine rings is 1. The summed E-state index contributed by atoms with van der Waals surface area (Å²) in [5.74, 6) is -0.848. The lowest BCUT2D eigenvalue weighted by atomic mass is 10.1. The summed E-state index contributed by atoms with van der Waals surface area (Å²) in [4.78, 5) is 14.3. The molecule has 1 atom stereocenters. The number of benzene rings is 2. The molecule has 2 heterocycles. The molecular formula is C20H17F2N3O2. The summed E-state index contributed by atoms with van der Waals surface area (Å²) in [7, 11) is 0. The number of H-pyrrole nitrogens is 1. The van der Waals surface area contributed by atoms with Crippen molar-refractivity contribution in [3.63, 3.8) is 0 Å². The minimum atomic E-state index is -0.378. The Bertz CT molecular complexity index is 939. The number of halogens is 2. The highest BCUT2D eigenvalue weighted by molar-refractivity contribution is 5.94. The van der Waals surface area contributed by atoms with Gasteiger partial charge < -0.3 is 9.64 Å². The third-order valence-corrected chi connectivity index (χ3v) is 4.53. The van der Waals surface area contributed by atoms with Gasteiger partial charge in [-0.3, -0.25) is 9.89 Å². The standard InChI is InChI=1S/C20H17F2N3O2/c21-15-5-1-13(2-6-15)17-11-18(24-23-17)19-12-25(9-10-27-19)20(26)14-3-7-16(22)8-4-14/h1-8,11,19H,9-10,12H2,(H,23,24). The van der Waals surface area contributed by atoms with E-state index in [0.29, 0.717) is 31.0 Å². The number of hydrogen-bond donors (Lipinski definition) is 1. The first-order valence-electron chi connectivity index (χ1n) is 8.58. The van der Waals surface area contributed by atoms with Gasteiger partial charge in [-0.2, -0.15) is 5.10 Å². The second kappa shape index (κ2) is 7.28. The van der Waals surface area contributed by atoms with Gasteiger partial charge in [-0.1, -0.05) is 0 Å². The molecule has 1 aliphatic rings. The summed E-state index contributed by atoms with van der Waals surface area (Å²) < 4.78 is 31.9. The molecule has 3 aromatic rings. The van der Waals surface area contributed by atoms with E-state index in [9.17, 15) is 13.6 Å². The average molecular weight is 369 g/mol. The van der Waals surface area contributed by atoms with Crippen LogP contribution in [0.2, 0.25) is 0 Å². The fourth-order valence-electron chi connectivity index (χ4n) is 3.07. The van der Waals surface area contributed by atoms with Crippen LogP contribution in [0.3, 0.4) is 0 Å². The van der Waals surface area contributed by atoms with Gasteiger partial charge >= 0.3 is 0 Å². The van der Waals surface area contributed by atoms with Crippen LogP contribution in [0, 0.1) is 11.6 Å². The zero-order valence-electron chi connectivity index (χ0n) is 14.4. The number of nitrogens with zero attached hydrogens (tertiary/aromatic N) is 2. The number of hydrogen-bond acceptors (Lipinski definition) is 3. The first-order chi connectivity index (χ1) is 13.1. The molecule has 138 valence electrons. The van der Waals surface area contributed by atoms with Crippen LogP contribution in [0.4, 0.5) is 8.78 Å². The van der Waals surface area contributed by atoms with E-state index in [1.807, 2.05) is 6.07 Å². The topological polar surface area (TPSA) is 58.2 Å². The predicted octanol–water partition coefficient (Wildman–Crippen LogP) is 3.57. The number of ether oxygens (including phenoxy) is 1. The zero-order valence-corrected chi connectivity index (χ0v) is 14.4. The fraction of sp³-hybridized carbons (Fsp3) is 0.200. The number of rotatable bonds is 3. The fourth-order valence-corrected chi connectivity index (χ4v) is 3.07. The number of carbonyl (C=O) groups is 1. The van der Waals surface area contributed by atoms with Crippen molar-refractivity contribution in [2.24, 2.45) is 0 Å². The summed E-state index contributed by atoms with van der Waals surface area (Å²) in [6, 6.07) is 13.4. The van der Waals surface area contributed by atoms with Crippen molar-refractivity contribution in [2.45, 2.75) is 6.10 Å². The molecular weight excluding hydrogens is 352 g/mol. The SMILES string of the molecule is O=C(c1ccc(F)cc1)N1CCOC(c2cc(-c3ccc(F)cc3)n[nH]2)C1. The third kappa shape index (κ3) is 3.73. The van der Waals surface area contributed by atoms with E-state index in [-0.39, 0.29) is 23.6 Å². The second-order valence-electron chi connectivity index (χ2n) is 6.33. The van der Waals surface area contributed by atoms with E-state index in [1.165, 1.54) is 36.4 Å². The lowest BCUT2D eigenvalue weighted by molar-refractivity contribution is -0.0247. The summed E-state index contributed by atoms with van der Waals surface area (Å²) >= 11 is 0. The first kappa shape index (κ1) is 17.4. The van der Waals surface area contributed by atoms with E-state index in [0.717, 1.165) is 11.3 Å². The van der Waals surface area contributed by atoms with Gasteiger partial charge in [0.25, 0.3) is 5.91 Å². The van der Waals surface area contributed by atoms with Crippen molar-refractivity contribution in [2.75, 3.05) is 19.7 Å². The number of aromatic amines is 1. The van der Waals surface area contributed by atoms with Crippen molar-refractivity contribution in [3.8, 4) is 11.3 Å². The predicted molar refractivity (Wildman–Crippen MR) is 95.0 cm³/mol. The highest BCUT2D eigenvalue weighted by Crippen LogP contribution is 2.26. The molecule has 1 saturated heterocycles. The molecule has 2 aromatic carbocycles. The normalized spacial score (nSPS) is 17.1. The maximum absolute atomic E-state index is 13.1. The van der Waals surface area contributed by atoms with Gasteiger partial charge in [0.2, 0.25) is 0 Å². The number of aromatic nitrogens is 2. The Kier molecular flexibility index (Phi) is 4.68. The van der Waals surface area contributed by atoms with Crippen LogP contribution < -0.4 is 0 Å². The molecule has 1 aromatic heterocycles. The van der Waals surface area contributed by atoms with Gasteiger partial charge in [0.05, 0.1) is 24.5 Å². The minimum Gasteiger partial charge on any atom is -0.368 e. The molecule has 1 aliphatic heterocycles. The highest BCUT2D eigenvalue weighted by atomic mass is 19.1. The Balaban J connectivity index is 1.49. The van der Waals surface area contributed by atoms with Crippen LogP contribution in [-0.4, -0.2) is 40.7 Å². The van der Waals surface area contributed by atoms with Crippen LogP contribution in [0.15, 0.2) is 54.6 Å². The van der Waals surface area contributed by atoms with Gasteiger partial charge in [-0.25, -0.2) is 8.78 Å². The van der Waals surface area contributed by atoms with Crippen LogP contribution >= 0.6 is 0 Å². The van der Waals surface area contributed by atoms with Crippen molar-refractivity contribution in [1.29, 1.82) is 0 Å². The Hall–Kier alpha value is -3.06. The van der Waals surface area contributed by atoms with Gasteiger partial charge in [-0.15, -0.1) is 0 Å². The van der Waals surface area contributed by atoms with Crippen LogP contribution in [0.1, 0.15) is 22.2 Å². The maximum atomic E-state index is 13.1. The largest absolute Gasteiger partial charge is 0.368 e. The lowest BCUT2D eigenvalue weighted by Gasteiger charge is -2.32. The Labute approximate surface area is 154 Å². The molecule has 0 aliphatic carbocycles. The van der Waals surface area contributed by atoms with Gasteiger partial charge in [0.15, 0.2) is 0 Å². The smallest absolute Gasteiger partial charge is 0.254 e. The molecule has 27 heavy (non-hydrogen) atoms. The Morgan fingerprint density at radius 2 is 1.74 bits per heavy atom. The van der Waals surface area contributed by atoms with Crippen molar-refractivity contribution in [1.82, 2.24) is 15.1 Å². The molecule has 0 spiro atoms. The van der Waals surface area contributed by atoms with E-state index in [1.54, 1.807) is 17.0 Å². The number of carbonyl (C=O) groups excluding carboxylic acids is 1. The van der Waals surface area contributed by atoms with E-state index >= 15 is 0 Å². The van der Waals surface area contributed by atoms with Crippen LogP contribution in [0.5, 0.6) is 0 Å². The van der Waals surface area contributed by atoms with Gasteiger partial charge in [0.1, 0.15) is 17.7 Å². The molecule has 0 bridgehead atoms. The Morgan fingerprint density at radius 1 is 1.07 bits per heavy atom. The quantitative estimate of drug-likeness (QED) is 0.768. The summed E-state index contributed by atoms with van der Waals surface area (Å²) in [6.45, 7) is 1.22. The molecule has 0 saturated carbocycles. The van der Waals surface area contributed by atoms with Crippen LogP contribution in [-0.2, 0) is 4.74 Å². The van der Waals surface area contributed by atoms with E-state index in [4.69, 9.17) is 4.74 Å². The number of nitrogens with one attached hydrogen (secondary N) is 1. The average Bonchev–Trinajstić information content (AvgIpc) is 3.19. The molecule has 5 nitrogen and oxygen atoms in total. The number of amides is 1. The monoisotopic (exact) mass is 369 g/mol. The van der Waals surface area contributed by atoms with Crippen molar-refractivity contribution >= 4 is 5.91 Å². The molecule has 4 rings (SSSR count).